The Hall–Kier alpha value is -2.31. The Bertz CT molecular complexity index is 922. The van der Waals surface area contributed by atoms with E-state index in [0.29, 0.717) is 0 Å². The number of hydrogen-bond acceptors (Lipinski definition) is 2. The van der Waals surface area contributed by atoms with Gasteiger partial charge >= 0.3 is 8.38 Å². The SMILES string of the molecule is CCCCCc1cccc(OP(Oc2cccc(CCCCC)c2C)c2ccccc2)c1C. The predicted molar refractivity (Wildman–Crippen MR) is 143 cm³/mol. The summed E-state index contributed by atoms with van der Waals surface area (Å²) >= 11 is 0. The van der Waals surface area contributed by atoms with Crippen molar-refractivity contribution in [2.24, 2.45) is 0 Å². The number of aryl methyl sites for hydroxylation is 2. The van der Waals surface area contributed by atoms with Gasteiger partial charge < -0.3 is 9.05 Å². The van der Waals surface area contributed by atoms with Crippen LogP contribution in [0.2, 0.25) is 0 Å². The molecule has 3 aromatic carbocycles. The minimum absolute atomic E-state index is 0.927. The van der Waals surface area contributed by atoms with Gasteiger partial charge in [0, 0.05) is 0 Å². The van der Waals surface area contributed by atoms with Crippen LogP contribution in [0.5, 0.6) is 11.5 Å². The zero-order chi connectivity index (χ0) is 23.5. The van der Waals surface area contributed by atoms with Gasteiger partial charge in [-0.2, -0.15) is 0 Å². The predicted octanol–water partition coefficient (Wildman–Crippen LogP) is 8.86. The van der Waals surface area contributed by atoms with Gasteiger partial charge in [-0.1, -0.05) is 82.0 Å². The highest BCUT2D eigenvalue weighted by Gasteiger charge is 2.21. The van der Waals surface area contributed by atoms with Crippen LogP contribution in [0.3, 0.4) is 0 Å². The van der Waals surface area contributed by atoms with Crippen LogP contribution in [0.15, 0.2) is 66.7 Å². The third kappa shape index (κ3) is 7.34. The second kappa shape index (κ2) is 13.4. The van der Waals surface area contributed by atoms with E-state index in [2.05, 4.69) is 88.4 Å². The Kier molecular flexibility index (Phi) is 10.3. The molecule has 0 atom stereocenters. The van der Waals surface area contributed by atoms with Crippen LogP contribution in [-0.2, 0) is 12.8 Å². The van der Waals surface area contributed by atoms with Crippen molar-refractivity contribution in [3.05, 3.63) is 89.0 Å². The first-order valence-electron chi connectivity index (χ1n) is 12.5. The summed E-state index contributed by atoms with van der Waals surface area (Å²) in [5.74, 6) is 1.85. The molecule has 0 amide bonds. The van der Waals surface area contributed by atoms with E-state index in [9.17, 15) is 0 Å². The first-order chi connectivity index (χ1) is 16.1. The summed E-state index contributed by atoms with van der Waals surface area (Å²) in [4.78, 5) is 0. The lowest BCUT2D eigenvalue weighted by Gasteiger charge is -2.22. The minimum Gasteiger partial charge on any atom is -0.435 e. The number of unbranched alkanes of at least 4 members (excludes halogenated alkanes) is 4. The topological polar surface area (TPSA) is 18.5 Å². The molecule has 0 spiro atoms. The fraction of sp³-hybridized carbons (Fsp3) is 0.400. The van der Waals surface area contributed by atoms with Crippen molar-refractivity contribution < 1.29 is 9.05 Å². The van der Waals surface area contributed by atoms with Gasteiger partial charge in [-0.25, -0.2) is 0 Å². The molecule has 0 saturated heterocycles. The highest BCUT2D eigenvalue weighted by molar-refractivity contribution is 7.56. The monoisotopic (exact) mass is 462 g/mol. The smallest absolute Gasteiger partial charge is 0.326 e. The fourth-order valence-corrected chi connectivity index (χ4v) is 5.46. The molecule has 0 aliphatic rings. The molecule has 0 aliphatic carbocycles. The molecule has 0 saturated carbocycles. The summed E-state index contributed by atoms with van der Waals surface area (Å²) < 4.78 is 13.2. The van der Waals surface area contributed by atoms with Gasteiger partial charge in [0.25, 0.3) is 0 Å². The van der Waals surface area contributed by atoms with Crippen molar-refractivity contribution in [2.75, 3.05) is 0 Å². The van der Waals surface area contributed by atoms with E-state index in [1.807, 2.05) is 6.07 Å². The quantitative estimate of drug-likeness (QED) is 0.186. The van der Waals surface area contributed by atoms with Gasteiger partial charge in [0.1, 0.15) is 11.5 Å². The van der Waals surface area contributed by atoms with Crippen LogP contribution in [0, 0.1) is 13.8 Å². The molecule has 0 aliphatic heterocycles. The van der Waals surface area contributed by atoms with Gasteiger partial charge in [-0.3, -0.25) is 0 Å². The molecule has 3 heteroatoms. The van der Waals surface area contributed by atoms with Gasteiger partial charge in [-0.05, 0) is 86.1 Å². The average molecular weight is 463 g/mol. The zero-order valence-corrected chi connectivity index (χ0v) is 21.7. The fourth-order valence-electron chi connectivity index (χ4n) is 4.04. The lowest BCUT2D eigenvalue weighted by Crippen LogP contribution is -2.11. The molecule has 0 N–H and O–H groups in total. The summed E-state index contributed by atoms with van der Waals surface area (Å²) in [6, 6.07) is 23.2. The molecule has 0 radical (unpaired) electrons. The number of hydrogen-bond donors (Lipinski definition) is 0. The van der Waals surface area contributed by atoms with Gasteiger partial charge in [0.05, 0.1) is 5.30 Å². The van der Waals surface area contributed by atoms with Crippen LogP contribution in [0.1, 0.15) is 74.6 Å². The molecule has 3 aromatic rings. The van der Waals surface area contributed by atoms with E-state index in [-0.39, 0.29) is 0 Å². The largest absolute Gasteiger partial charge is 0.435 e. The Morgan fingerprint density at radius 2 is 1.06 bits per heavy atom. The van der Waals surface area contributed by atoms with Crippen LogP contribution in [-0.4, -0.2) is 0 Å². The van der Waals surface area contributed by atoms with Crippen molar-refractivity contribution in [1.29, 1.82) is 0 Å². The molecular weight excluding hydrogens is 423 g/mol. The van der Waals surface area contributed by atoms with Crippen molar-refractivity contribution in [2.45, 2.75) is 79.1 Å². The lowest BCUT2D eigenvalue weighted by atomic mass is 10.0. The third-order valence-corrected chi connectivity index (χ3v) is 7.67. The molecule has 2 nitrogen and oxygen atoms in total. The minimum atomic E-state index is -1.30. The summed E-state index contributed by atoms with van der Waals surface area (Å²) in [5, 5.41) is 1.08. The standard InChI is InChI=1S/C30H39O2P/c1-5-7-10-16-26-18-14-22-29(24(26)3)31-33(28-20-12-9-13-21-28)32-30-23-15-19-27(25(30)4)17-11-8-6-2/h9,12-15,18-23H,5-8,10-11,16-17H2,1-4H3. The number of benzene rings is 3. The average Bonchev–Trinajstić information content (AvgIpc) is 2.84. The first-order valence-corrected chi connectivity index (χ1v) is 13.7. The molecule has 0 bridgehead atoms. The summed E-state index contributed by atoms with van der Waals surface area (Å²) in [6.07, 6.45) is 9.62. The Labute approximate surface area is 202 Å². The van der Waals surface area contributed by atoms with E-state index in [4.69, 9.17) is 9.05 Å². The van der Waals surface area contributed by atoms with Crippen LogP contribution in [0.25, 0.3) is 0 Å². The normalized spacial score (nSPS) is 11.1. The zero-order valence-electron chi connectivity index (χ0n) is 20.8. The Balaban J connectivity index is 1.85. The lowest BCUT2D eigenvalue weighted by molar-refractivity contribution is 0.496. The van der Waals surface area contributed by atoms with Crippen LogP contribution < -0.4 is 14.4 Å². The maximum atomic E-state index is 6.62. The van der Waals surface area contributed by atoms with E-state index < -0.39 is 8.38 Å². The molecule has 176 valence electrons. The number of rotatable bonds is 13. The summed E-state index contributed by atoms with van der Waals surface area (Å²) in [7, 11) is -1.30. The maximum Gasteiger partial charge on any atom is 0.326 e. The van der Waals surface area contributed by atoms with Crippen molar-refractivity contribution in [3.8, 4) is 11.5 Å². The highest BCUT2D eigenvalue weighted by atomic mass is 31.2. The third-order valence-electron chi connectivity index (χ3n) is 6.22. The van der Waals surface area contributed by atoms with Gasteiger partial charge in [0.2, 0.25) is 0 Å². The van der Waals surface area contributed by atoms with Gasteiger partial charge in [-0.15, -0.1) is 0 Å². The first kappa shape index (κ1) is 25.3. The molecular formula is C30H39O2P. The van der Waals surface area contributed by atoms with Gasteiger partial charge in [0.15, 0.2) is 0 Å². The van der Waals surface area contributed by atoms with Crippen molar-refractivity contribution in [1.82, 2.24) is 0 Å². The highest BCUT2D eigenvalue weighted by Crippen LogP contribution is 2.42. The van der Waals surface area contributed by atoms with E-state index >= 15 is 0 Å². The maximum absolute atomic E-state index is 6.62. The summed E-state index contributed by atoms with van der Waals surface area (Å²) in [5.41, 5.74) is 5.20. The second-order valence-corrected chi connectivity index (χ2v) is 10.2. The van der Waals surface area contributed by atoms with Crippen molar-refractivity contribution >= 4 is 13.7 Å². The van der Waals surface area contributed by atoms with E-state index in [1.54, 1.807) is 0 Å². The van der Waals surface area contributed by atoms with E-state index in [0.717, 1.165) is 29.6 Å². The van der Waals surface area contributed by atoms with Crippen LogP contribution in [0.4, 0.5) is 0 Å². The molecule has 0 aromatic heterocycles. The molecule has 3 rings (SSSR count). The molecule has 0 unspecified atom stereocenters. The van der Waals surface area contributed by atoms with E-state index in [1.165, 1.54) is 60.8 Å². The Morgan fingerprint density at radius 1 is 0.576 bits per heavy atom. The molecule has 33 heavy (non-hydrogen) atoms. The van der Waals surface area contributed by atoms with Crippen molar-refractivity contribution in [3.63, 3.8) is 0 Å². The summed E-state index contributed by atoms with van der Waals surface area (Å²) in [6.45, 7) is 8.85. The molecule has 0 heterocycles. The van der Waals surface area contributed by atoms with Crippen LogP contribution >= 0.6 is 8.38 Å². The molecule has 0 fully saturated rings. The Morgan fingerprint density at radius 3 is 1.52 bits per heavy atom. The second-order valence-electron chi connectivity index (χ2n) is 8.77.